The summed E-state index contributed by atoms with van der Waals surface area (Å²) in [6.45, 7) is 1.51. The molecule has 0 heterocycles. The van der Waals surface area contributed by atoms with Crippen molar-refractivity contribution in [1.29, 1.82) is 0 Å². The molecule has 0 spiro atoms. The summed E-state index contributed by atoms with van der Waals surface area (Å²) < 4.78 is 27.5. The van der Waals surface area contributed by atoms with Crippen LogP contribution in [0.4, 0.5) is 10.5 Å². The third-order valence-electron chi connectivity index (χ3n) is 2.13. The highest BCUT2D eigenvalue weighted by atomic mass is 32.2. The number of hydrogen-bond donors (Lipinski definition) is 2. The maximum absolute atomic E-state index is 11.6. The number of carbonyl (C=O) groups excluding carboxylic acids is 1. The van der Waals surface area contributed by atoms with E-state index in [2.05, 4.69) is 10.1 Å². The molecule has 6 nitrogen and oxygen atoms in total. The minimum Gasteiger partial charge on any atom is -0.506 e. The molecule has 17 heavy (non-hydrogen) atoms. The zero-order valence-electron chi connectivity index (χ0n) is 9.43. The maximum Gasteiger partial charge on any atom is 0.411 e. The van der Waals surface area contributed by atoms with Crippen LogP contribution in [0.15, 0.2) is 23.1 Å². The van der Waals surface area contributed by atoms with E-state index in [1.165, 1.54) is 32.2 Å². The standard InChI is InChI=1S/C10H13NO5S/c1-3-17(14,15)7-4-5-9(12)8(6-7)11-10(13)16-2/h4-6,12H,3H2,1-2H3,(H,11,13). The summed E-state index contributed by atoms with van der Waals surface area (Å²) in [5, 5.41) is 11.7. The Hall–Kier alpha value is -1.76. The van der Waals surface area contributed by atoms with Crippen molar-refractivity contribution >= 4 is 21.6 Å². The average Bonchev–Trinajstić information content (AvgIpc) is 2.31. The van der Waals surface area contributed by atoms with Crippen LogP contribution in [0, 0.1) is 0 Å². The molecule has 0 aliphatic heterocycles. The van der Waals surface area contributed by atoms with Crippen LogP contribution in [0.3, 0.4) is 0 Å². The SMILES string of the molecule is CCS(=O)(=O)c1ccc(O)c(NC(=O)OC)c1. The van der Waals surface area contributed by atoms with Gasteiger partial charge in [-0.05, 0) is 18.2 Å². The van der Waals surface area contributed by atoms with Gasteiger partial charge >= 0.3 is 6.09 Å². The highest BCUT2D eigenvalue weighted by Crippen LogP contribution is 2.26. The van der Waals surface area contributed by atoms with Crippen LogP contribution < -0.4 is 5.32 Å². The van der Waals surface area contributed by atoms with Gasteiger partial charge in [0.15, 0.2) is 9.84 Å². The molecule has 0 fully saturated rings. The van der Waals surface area contributed by atoms with Crippen molar-refractivity contribution in [3.05, 3.63) is 18.2 Å². The molecule has 0 radical (unpaired) electrons. The normalized spacial score (nSPS) is 10.9. The first-order chi connectivity index (χ1) is 7.90. The predicted molar refractivity (Wildman–Crippen MR) is 61.9 cm³/mol. The zero-order valence-corrected chi connectivity index (χ0v) is 10.2. The lowest BCUT2D eigenvalue weighted by atomic mass is 10.3. The van der Waals surface area contributed by atoms with Gasteiger partial charge in [0.2, 0.25) is 0 Å². The van der Waals surface area contributed by atoms with E-state index in [1.807, 2.05) is 0 Å². The molecular weight excluding hydrogens is 246 g/mol. The number of amides is 1. The van der Waals surface area contributed by atoms with E-state index < -0.39 is 15.9 Å². The van der Waals surface area contributed by atoms with Crippen LogP contribution in [-0.2, 0) is 14.6 Å². The van der Waals surface area contributed by atoms with Gasteiger partial charge in [-0.2, -0.15) is 0 Å². The molecule has 0 saturated carbocycles. The smallest absolute Gasteiger partial charge is 0.411 e. The second-order valence-electron chi connectivity index (χ2n) is 3.20. The van der Waals surface area contributed by atoms with E-state index in [4.69, 9.17) is 0 Å². The molecular formula is C10H13NO5S. The first-order valence-corrected chi connectivity index (χ1v) is 6.46. The van der Waals surface area contributed by atoms with Gasteiger partial charge in [-0.3, -0.25) is 5.32 Å². The number of hydrogen-bond acceptors (Lipinski definition) is 5. The molecule has 1 aromatic carbocycles. The van der Waals surface area contributed by atoms with Crippen LogP contribution in [0.25, 0.3) is 0 Å². The number of carbonyl (C=O) groups is 1. The largest absolute Gasteiger partial charge is 0.506 e. The molecule has 7 heteroatoms. The van der Waals surface area contributed by atoms with Crippen LogP contribution in [0.5, 0.6) is 5.75 Å². The highest BCUT2D eigenvalue weighted by molar-refractivity contribution is 7.91. The number of phenolic OH excluding ortho intramolecular Hbond substituents is 1. The van der Waals surface area contributed by atoms with Gasteiger partial charge in [0.1, 0.15) is 5.75 Å². The summed E-state index contributed by atoms with van der Waals surface area (Å²) >= 11 is 0. The summed E-state index contributed by atoms with van der Waals surface area (Å²) in [7, 11) is -2.22. The molecule has 0 aliphatic rings. The minimum atomic E-state index is -3.38. The van der Waals surface area contributed by atoms with Crippen LogP contribution in [-0.4, -0.2) is 32.5 Å². The molecule has 1 rings (SSSR count). The Labute approximate surface area is 99.1 Å². The second-order valence-corrected chi connectivity index (χ2v) is 5.48. The number of aromatic hydroxyl groups is 1. The fourth-order valence-electron chi connectivity index (χ4n) is 1.14. The van der Waals surface area contributed by atoms with Crippen molar-refractivity contribution in [3.8, 4) is 5.75 Å². The lowest BCUT2D eigenvalue weighted by Gasteiger charge is -2.08. The third-order valence-corrected chi connectivity index (χ3v) is 3.86. The molecule has 94 valence electrons. The fourth-order valence-corrected chi connectivity index (χ4v) is 2.04. The van der Waals surface area contributed by atoms with E-state index in [0.717, 1.165) is 0 Å². The van der Waals surface area contributed by atoms with E-state index >= 15 is 0 Å². The molecule has 1 amide bonds. The molecule has 1 aromatic rings. The Balaban J connectivity index is 3.15. The van der Waals surface area contributed by atoms with Gasteiger partial charge < -0.3 is 9.84 Å². The molecule has 0 saturated heterocycles. The first-order valence-electron chi connectivity index (χ1n) is 4.81. The fraction of sp³-hybridized carbons (Fsp3) is 0.300. The number of nitrogens with one attached hydrogen (secondary N) is 1. The summed E-state index contributed by atoms with van der Waals surface area (Å²) in [6.07, 6.45) is -0.786. The van der Waals surface area contributed by atoms with Crippen LogP contribution in [0.2, 0.25) is 0 Å². The quantitative estimate of drug-likeness (QED) is 0.799. The molecule has 2 N–H and O–H groups in total. The van der Waals surface area contributed by atoms with Gasteiger partial charge in [-0.15, -0.1) is 0 Å². The van der Waals surface area contributed by atoms with Crippen molar-refractivity contribution in [2.24, 2.45) is 0 Å². The van der Waals surface area contributed by atoms with Crippen molar-refractivity contribution in [2.45, 2.75) is 11.8 Å². The topological polar surface area (TPSA) is 92.7 Å². The third kappa shape index (κ3) is 3.10. The zero-order chi connectivity index (χ0) is 13.1. The van der Waals surface area contributed by atoms with Crippen molar-refractivity contribution in [2.75, 3.05) is 18.2 Å². The van der Waals surface area contributed by atoms with E-state index in [-0.39, 0.29) is 22.1 Å². The monoisotopic (exact) mass is 259 g/mol. The lowest BCUT2D eigenvalue weighted by molar-refractivity contribution is 0.187. The second kappa shape index (κ2) is 5.05. The Bertz CT molecular complexity index is 523. The van der Waals surface area contributed by atoms with Gasteiger partial charge in [0.05, 0.1) is 23.4 Å². The number of ether oxygens (including phenoxy) is 1. The van der Waals surface area contributed by atoms with Gasteiger partial charge in [-0.1, -0.05) is 6.92 Å². The number of anilines is 1. The molecule has 0 aliphatic carbocycles. The van der Waals surface area contributed by atoms with Gasteiger partial charge in [0, 0.05) is 0 Å². The van der Waals surface area contributed by atoms with Crippen LogP contribution in [0.1, 0.15) is 6.92 Å². The van der Waals surface area contributed by atoms with Crippen molar-refractivity contribution < 1.29 is 23.1 Å². The molecule has 0 bridgehead atoms. The van der Waals surface area contributed by atoms with E-state index in [1.54, 1.807) is 0 Å². The van der Waals surface area contributed by atoms with E-state index in [0.29, 0.717) is 0 Å². The van der Waals surface area contributed by atoms with Gasteiger partial charge in [-0.25, -0.2) is 13.2 Å². The molecule has 0 atom stereocenters. The highest BCUT2D eigenvalue weighted by Gasteiger charge is 2.15. The van der Waals surface area contributed by atoms with Crippen LogP contribution >= 0.6 is 0 Å². The summed E-state index contributed by atoms with van der Waals surface area (Å²) in [5.74, 6) is -0.291. The predicted octanol–water partition coefficient (Wildman–Crippen LogP) is 1.36. The average molecular weight is 259 g/mol. The number of benzene rings is 1. The number of methoxy groups -OCH3 is 1. The number of sulfone groups is 1. The van der Waals surface area contributed by atoms with Gasteiger partial charge in [0.25, 0.3) is 0 Å². The number of phenols is 1. The maximum atomic E-state index is 11.6. The van der Waals surface area contributed by atoms with Crippen molar-refractivity contribution in [1.82, 2.24) is 0 Å². The Morgan fingerprint density at radius 1 is 1.47 bits per heavy atom. The summed E-state index contributed by atoms with van der Waals surface area (Å²) in [5.41, 5.74) is -0.00799. The molecule has 0 aromatic heterocycles. The number of rotatable bonds is 3. The summed E-state index contributed by atoms with van der Waals surface area (Å²) in [4.78, 5) is 11.0. The summed E-state index contributed by atoms with van der Waals surface area (Å²) in [6, 6.07) is 3.66. The van der Waals surface area contributed by atoms with Crippen molar-refractivity contribution in [3.63, 3.8) is 0 Å². The first kappa shape index (κ1) is 13.3. The lowest BCUT2D eigenvalue weighted by Crippen LogP contribution is -2.12. The Morgan fingerprint density at radius 3 is 2.65 bits per heavy atom. The minimum absolute atomic E-state index is 0.00799. The van der Waals surface area contributed by atoms with E-state index in [9.17, 15) is 18.3 Å². The Kier molecular flexibility index (Phi) is 3.95. The Morgan fingerprint density at radius 2 is 2.12 bits per heavy atom. The molecule has 0 unspecified atom stereocenters.